The lowest BCUT2D eigenvalue weighted by atomic mass is 10.1. The minimum absolute atomic E-state index is 0.240. The zero-order valence-corrected chi connectivity index (χ0v) is 10.0. The molecule has 0 spiro atoms. The fourth-order valence-corrected chi connectivity index (χ4v) is 2.23. The lowest BCUT2D eigenvalue weighted by Gasteiger charge is -2.12. The molecule has 4 nitrogen and oxygen atoms in total. The molecule has 92 valence electrons. The molecule has 0 saturated heterocycles. The van der Waals surface area contributed by atoms with E-state index >= 15 is 0 Å². The molecule has 2 rings (SSSR count). The molecular weight excluding hydrogens is 214 g/mol. The second kappa shape index (κ2) is 5.19. The summed E-state index contributed by atoms with van der Waals surface area (Å²) in [5, 5.41) is 15.0. The standard InChI is InChI=1S/C13H19N3O/c1-9(7-13(14)16-17)15-12-8-11(12)10-5-3-2-4-6-10/h2-6,9,11-12,15,17H,7-8H2,1H3,(H2,14,16). The molecule has 17 heavy (non-hydrogen) atoms. The fourth-order valence-electron chi connectivity index (χ4n) is 2.23. The second-order valence-electron chi connectivity index (χ2n) is 4.72. The minimum Gasteiger partial charge on any atom is -0.409 e. The van der Waals surface area contributed by atoms with Gasteiger partial charge < -0.3 is 16.3 Å². The Bertz CT molecular complexity index is 391. The molecular formula is C13H19N3O. The van der Waals surface area contributed by atoms with Gasteiger partial charge in [0.2, 0.25) is 0 Å². The Kier molecular flexibility index (Phi) is 3.64. The molecule has 0 radical (unpaired) electrons. The normalized spacial score (nSPS) is 25.6. The van der Waals surface area contributed by atoms with Gasteiger partial charge in [-0.25, -0.2) is 0 Å². The third kappa shape index (κ3) is 3.20. The van der Waals surface area contributed by atoms with E-state index in [1.165, 1.54) is 12.0 Å². The first kappa shape index (κ1) is 11.9. The quantitative estimate of drug-likeness (QED) is 0.313. The monoisotopic (exact) mass is 233 g/mol. The number of hydrogen-bond acceptors (Lipinski definition) is 3. The van der Waals surface area contributed by atoms with Crippen molar-refractivity contribution in [1.29, 1.82) is 0 Å². The largest absolute Gasteiger partial charge is 0.409 e. The summed E-state index contributed by atoms with van der Waals surface area (Å²) in [6, 6.07) is 11.3. The van der Waals surface area contributed by atoms with Crippen LogP contribution in [0.2, 0.25) is 0 Å². The van der Waals surface area contributed by atoms with E-state index in [1.807, 2.05) is 6.07 Å². The maximum atomic E-state index is 8.50. The lowest BCUT2D eigenvalue weighted by molar-refractivity contribution is 0.315. The molecule has 0 aliphatic heterocycles. The highest BCUT2D eigenvalue weighted by Crippen LogP contribution is 2.40. The van der Waals surface area contributed by atoms with Crippen LogP contribution in [0.25, 0.3) is 0 Å². The summed E-state index contributed by atoms with van der Waals surface area (Å²) in [5.74, 6) is 0.896. The third-order valence-corrected chi connectivity index (χ3v) is 3.16. The first-order valence-electron chi connectivity index (χ1n) is 5.98. The number of benzene rings is 1. The van der Waals surface area contributed by atoms with Crippen molar-refractivity contribution in [2.45, 2.75) is 37.8 Å². The number of nitrogens with one attached hydrogen (secondary N) is 1. The molecule has 1 fully saturated rings. The van der Waals surface area contributed by atoms with Gasteiger partial charge in [-0.05, 0) is 18.9 Å². The van der Waals surface area contributed by atoms with Crippen LogP contribution in [0, 0.1) is 0 Å². The molecule has 0 amide bonds. The van der Waals surface area contributed by atoms with Crippen molar-refractivity contribution in [2.24, 2.45) is 10.9 Å². The summed E-state index contributed by atoms with van der Waals surface area (Å²) in [7, 11) is 0. The molecule has 4 heteroatoms. The maximum Gasteiger partial charge on any atom is 0.140 e. The highest BCUT2D eigenvalue weighted by Gasteiger charge is 2.38. The molecule has 3 atom stereocenters. The number of oxime groups is 1. The van der Waals surface area contributed by atoms with Gasteiger partial charge >= 0.3 is 0 Å². The Morgan fingerprint density at radius 2 is 2.24 bits per heavy atom. The number of nitrogens with zero attached hydrogens (tertiary/aromatic N) is 1. The van der Waals surface area contributed by atoms with Gasteiger partial charge in [0.25, 0.3) is 0 Å². The van der Waals surface area contributed by atoms with Crippen LogP contribution in [-0.2, 0) is 0 Å². The Morgan fingerprint density at radius 1 is 1.53 bits per heavy atom. The summed E-state index contributed by atoms with van der Waals surface area (Å²) in [4.78, 5) is 0. The number of nitrogens with two attached hydrogens (primary N) is 1. The molecule has 1 aromatic rings. The van der Waals surface area contributed by atoms with Gasteiger partial charge in [-0.15, -0.1) is 0 Å². The van der Waals surface area contributed by atoms with Crippen LogP contribution in [0.1, 0.15) is 31.2 Å². The molecule has 1 aliphatic rings. The number of rotatable bonds is 5. The van der Waals surface area contributed by atoms with Crippen LogP contribution >= 0.6 is 0 Å². The van der Waals surface area contributed by atoms with E-state index in [1.54, 1.807) is 0 Å². The van der Waals surface area contributed by atoms with Gasteiger partial charge in [0.15, 0.2) is 0 Å². The molecule has 0 aromatic heterocycles. The first-order valence-corrected chi connectivity index (χ1v) is 5.98. The Morgan fingerprint density at radius 3 is 2.88 bits per heavy atom. The smallest absolute Gasteiger partial charge is 0.140 e. The van der Waals surface area contributed by atoms with Crippen LogP contribution in [-0.4, -0.2) is 23.1 Å². The SMILES string of the molecule is CC(CC(N)=NO)NC1CC1c1ccccc1. The Labute approximate surface area is 102 Å². The van der Waals surface area contributed by atoms with Gasteiger partial charge in [-0.1, -0.05) is 35.5 Å². The average Bonchev–Trinajstić information content (AvgIpc) is 3.09. The van der Waals surface area contributed by atoms with Crippen molar-refractivity contribution >= 4 is 5.84 Å². The molecule has 0 heterocycles. The molecule has 4 N–H and O–H groups in total. The zero-order chi connectivity index (χ0) is 12.3. The van der Waals surface area contributed by atoms with E-state index < -0.39 is 0 Å². The zero-order valence-electron chi connectivity index (χ0n) is 10.0. The summed E-state index contributed by atoms with van der Waals surface area (Å²) < 4.78 is 0. The molecule has 1 aliphatic carbocycles. The van der Waals surface area contributed by atoms with Gasteiger partial charge in [0.05, 0.1) is 0 Å². The van der Waals surface area contributed by atoms with Crippen molar-refractivity contribution in [1.82, 2.24) is 5.32 Å². The van der Waals surface area contributed by atoms with E-state index in [2.05, 4.69) is 41.7 Å². The van der Waals surface area contributed by atoms with E-state index in [0.29, 0.717) is 18.4 Å². The third-order valence-electron chi connectivity index (χ3n) is 3.16. The summed E-state index contributed by atoms with van der Waals surface area (Å²) >= 11 is 0. The Balaban J connectivity index is 1.80. The topological polar surface area (TPSA) is 70.6 Å². The van der Waals surface area contributed by atoms with Crippen LogP contribution < -0.4 is 11.1 Å². The molecule has 1 saturated carbocycles. The van der Waals surface area contributed by atoms with E-state index in [9.17, 15) is 0 Å². The first-order chi connectivity index (χ1) is 8.20. The van der Waals surface area contributed by atoms with Crippen LogP contribution in [0.5, 0.6) is 0 Å². The van der Waals surface area contributed by atoms with Crippen molar-refractivity contribution in [3.63, 3.8) is 0 Å². The van der Waals surface area contributed by atoms with Crippen molar-refractivity contribution in [3.8, 4) is 0 Å². The van der Waals surface area contributed by atoms with Gasteiger partial charge in [-0.2, -0.15) is 0 Å². The van der Waals surface area contributed by atoms with Crippen LogP contribution in [0.4, 0.5) is 0 Å². The second-order valence-corrected chi connectivity index (χ2v) is 4.72. The van der Waals surface area contributed by atoms with Crippen molar-refractivity contribution in [3.05, 3.63) is 35.9 Å². The number of hydrogen-bond donors (Lipinski definition) is 3. The maximum absolute atomic E-state index is 8.50. The highest BCUT2D eigenvalue weighted by atomic mass is 16.4. The van der Waals surface area contributed by atoms with Crippen molar-refractivity contribution in [2.75, 3.05) is 0 Å². The predicted octanol–water partition coefficient (Wildman–Crippen LogP) is 1.66. The average molecular weight is 233 g/mol. The highest BCUT2D eigenvalue weighted by molar-refractivity contribution is 5.80. The van der Waals surface area contributed by atoms with Crippen LogP contribution in [0.3, 0.4) is 0 Å². The predicted molar refractivity (Wildman–Crippen MR) is 68.2 cm³/mol. The lowest BCUT2D eigenvalue weighted by Crippen LogP contribution is -2.33. The summed E-state index contributed by atoms with van der Waals surface area (Å²) in [5.41, 5.74) is 6.87. The van der Waals surface area contributed by atoms with Crippen LogP contribution in [0.15, 0.2) is 35.5 Å². The van der Waals surface area contributed by atoms with E-state index in [4.69, 9.17) is 10.9 Å². The van der Waals surface area contributed by atoms with Crippen molar-refractivity contribution < 1.29 is 5.21 Å². The number of amidine groups is 1. The summed E-state index contributed by atoms with van der Waals surface area (Å²) in [6.45, 7) is 2.05. The van der Waals surface area contributed by atoms with Gasteiger partial charge in [0, 0.05) is 24.4 Å². The molecule has 3 unspecified atom stereocenters. The van der Waals surface area contributed by atoms with E-state index in [0.717, 1.165) is 0 Å². The molecule has 0 bridgehead atoms. The van der Waals surface area contributed by atoms with E-state index in [-0.39, 0.29) is 11.9 Å². The minimum atomic E-state index is 0.240. The summed E-state index contributed by atoms with van der Waals surface area (Å²) in [6.07, 6.45) is 1.75. The van der Waals surface area contributed by atoms with Gasteiger partial charge in [0.1, 0.15) is 5.84 Å². The Hall–Kier alpha value is -1.55. The molecule has 1 aromatic carbocycles. The van der Waals surface area contributed by atoms with Gasteiger partial charge in [-0.3, -0.25) is 0 Å². The fraction of sp³-hybridized carbons (Fsp3) is 0.462.